The number of benzene rings is 2. The van der Waals surface area contributed by atoms with E-state index in [2.05, 4.69) is 56.5 Å². The Kier molecular flexibility index (Phi) is 6.32. The van der Waals surface area contributed by atoms with Crippen LogP contribution in [0.1, 0.15) is 34.5 Å². The molecule has 1 aliphatic rings. The first-order valence-corrected chi connectivity index (χ1v) is 10.9. The summed E-state index contributed by atoms with van der Waals surface area (Å²) in [5.41, 5.74) is 2.91. The fourth-order valence-electron chi connectivity index (χ4n) is 3.93. The molecule has 6 heteroatoms. The highest BCUT2D eigenvalue weighted by molar-refractivity contribution is 9.10. The van der Waals surface area contributed by atoms with Gasteiger partial charge in [0.05, 0.1) is 11.3 Å². The molecule has 0 radical (unpaired) electrons. The van der Waals surface area contributed by atoms with Crippen molar-refractivity contribution in [2.75, 3.05) is 13.1 Å². The zero-order chi connectivity index (χ0) is 20.9. The molecule has 3 aromatic rings. The van der Waals surface area contributed by atoms with Crippen LogP contribution in [0.15, 0.2) is 71.3 Å². The number of carbonyl (C=O) groups excluding carboxylic acids is 1. The van der Waals surface area contributed by atoms with Crippen LogP contribution in [0, 0.1) is 11.3 Å². The van der Waals surface area contributed by atoms with Gasteiger partial charge in [0.25, 0.3) is 5.91 Å². The van der Waals surface area contributed by atoms with E-state index < -0.39 is 0 Å². The third-order valence-corrected chi connectivity index (χ3v) is 6.18. The van der Waals surface area contributed by atoms with Crippen LogP contribution < -0.4 is 5.32 Å². The SMILES string of the molecule is N#Cc1ccn(-c2ccccc2Br)c1C(=O)NC1CCN(Cc2ccccc2)CC1. The molecule has 0 aliphatic carbocycles. The molecule has 1 amide bonds. The Balaban J connectivity index is 1.43. The van der Waals surface area contributed by atoms with E-state index in [9.17, 15) is 10.1 Å². The number of para-hydroxylation sites is 1. The second kappa shape index (κ2) is 9.29. The molecular weight excluding hydrogens is 440 g/mol. The van der Waals surface area contributed by atoms with Gasteiger partial charge in [-0.3, -0.25) is 9.69 Å². The minimum Gasteiger partial charge on any atom is -0.348 e. The molecule has 1 aliphatic heterocycles. The van der Waals surface area contributed by atoms with Crippen LogP contribution in [0.3, 0.4) is 0 Å². The van der Waals surface area contributed by atoms with Crippen molar-refractivity contribution in [3.8, 4) is 11.8 Å². The lowest BCUT2D eigenvalue weighted by Crippen LogP contribution is -2.44. The average molecular weight is 463 g/mol. The van der Waals surface area contributed by atoms with Gasteiger partial charge in [0, 0.05) is 36.3 Å². The smallest absolute Gasteiger partial charge is 0.269 e. The third-order valence-electron chi connectivity index (χ3n) is 5.51. The van der Waals surface area contributed by atoms with E-state index in [1.807, 2.05) is 30.3 Å². The summed E-state index contributed by atoms with van der Waals surface area (Å²) in [4.78, 5) is 15.5. The summed E-state index contributed by atoms with van der Waals surface area (Å²) in [7, 11) is 0. The lowest BCUT2D eigenvalue weighted by Gasteiger charge is -2.32. The maximum absolute atomic E-state index is 13.1. The second-order valence-electron chi connectivity index (χ2n) is 7.52. The largest absolute Gasteiger partial charge is 0.348 e. The molecule has 0 unspecified atom stereocenters. The summed E-state index contributed by atoms with van der Waals surface area (Å²) in [6, 6.07) is 22.1. The topological polar surface area (TPSA) is 61.1 Å². The van der Waals surface area contributed by atoms with Gasteiger partial charge in [0.15, 0.2) is 0 Å². The zero-order valence-corrected chi connectivity index (χ0v) is 18.2. The van der Waals surface area contributed by atoms with E-state index >= 15 is 0 Å². The highest BCUT2D eigenvalue weighted by Crippen LogP contribution is 2.25. The fourth-order valence-corrected chi connectivity index (χ4v) is 4.41. The van der Waals surface area contributed by atoms with Crippen molar-refractivity contribution < 1.29 is 4.79 Å². The predicted octanol–water partition coefficient (Wildman–Crippen LogP) is 4.51. The van der Waals surface area contributed by atoms with E-state index in [1.165, 1.54) is 5.56 Å². The molecule has 0 spiro atoms. The molecule has 1 N–H and O–H groups in total. The Bertz CT molecular complexity index is 1060. The number of hydrogen-bond acceptors (Lipinski definition) is 3. The number of likely N-dealkylation sites (tertiary alicyclic amines) is 1. The van der Waals surface area contributed by atoms with E-state index in [-0.39, 0.29) is 11.9 Å². The molecule has 1 fully saturated rings. The summed E-state index contributed by atoms with van der Waals surface area (Å²) >= 11 is 3.54. The van der Waals surface area contributed by atoms with Gasteiger partial charge in [0.2, 0.25) is 0 Å². The van der Waals surface area contributed by atoms with Crippen molar-refractivity contribution in [2.24, 2.45) is 0 Å². The average Bonchev–Trinajstić information content (AvgIpc) is 3.20. The summed E-state index contributed by atoms with van der Waals surface area (Å²) < 4.78 is 2.65. The van der Waals surface area contributed by atoms with Crippen molar-refractivity contribution in [1.82, 2.24) is 14.8 Å². The maximum atomic E-state index is 13.1. The van der Waals surface area contributed by atoms with Gasteiger partial charge in [-0.2, -0.15) is 5.26 Å². The first-order chi connectivity index (χ1) is 14.7. The number of carbonyl (C=O) groups is 1. The molecule has 0 saturated carbocycles. The summed E-state index contributed by atoms with van der Waals surface area (Å²) in [5, 5.41) is 12.7. The van der Waals surface area contributed by atoms with Gasteiger partial charge in [-0.05, 0) is 52.5 Å². The summed E-state index contributed by atoms with van der Waals surface area (Å²) in [5.74, 6) is -0.200. The van der Waals surface area contributed by atoms with Crippen LogP contribution in [0.4, 0.5) is 0 Å². The predicted molar refractivity (Wildman–Crippen MR) is 120 cm³/mol. The number of nitriles is 1. The third kappa shape index (κ3) is 4.48. The number of halogens is 1. The minimum absolute atomic E-state index is 0.110. The molecule has 2 aromatic carbocycles. The number of rotatable bonds is 5. The Labute approximate surface area is 185 Å². The molecule has 1 aromatic heterocycles. The minimum atomic E-state index is -0.200. The van der Waals surface area contributed by atoms with Crippen LogP contribution in [0.2, 0.25) is 0 Å². The van der Waals surface area contributed by atoms with Gasteiger partial charge in [0.1, 0.15) is 11.8 Å². The number of piperidine rings is 1. The van der Waals surface area contributed by atoms with Crippen LogP contribution in [-0.4, -0.2) is 34.5 Å². The Hall–Kier alpha value is -2.88. The summed E-state index contributed by atoms with van der Waals surface area (Å²) in [6.45, 7) is 2.82. The van der Waals surface area contributed by atoms with Gasteiger partial charge < -0.3 is 9.88 Å². The number of aromatic nitrogens is 1. The number of amides is 1. The highest BCUT2D eigenvalue weighted by Gasteiger charge is 2.25. The lowest BCUT2D eigenvalue weighted by atomic mass is 10.0. The molecule has 30 heavy (non-hydrogen) atoms. The van der Waals surface area contributed by atoms with Crippen molar-refractivity contribution >= 4 is 21.8 Å². The number of nitrogens with one attached hydrogen (secondary N) is 1. The molecule has 0 atom stereocenters. The van der Waals surface area contributed by atoms with Crippen LogP contribution in [0.5, 0.6) is 0 Å². The van der Waals surface area contributed by atoms with Gasteiger partial charge in [-0.15, -0.1) is 0 Å². The van der Waals surface area contributed by atoms with E-state index in [0.717, 1.165) is 42.6 Å². The van der Waals surface area contributed by atoms with Crippen molar-refractivity contribution in [3.63, 3.8) is 0 Å². The molecular formula is C24H23BrN4O. The molecule has 4 rings (SSSR count). The first kappa shape index (κ1) is 20.4. The quantitative estimate of drug-likeness (QED) is 0.606. The van der Waals surface area contributed by atoms with Gasteiger partial charge in [-0.25, -0.2) is 0 Å². The monoisotopic (exact) mass is 462 g/mol. The summed E-state index contributed by atoms with van der Waals surface area (Å²) in [6.07, 6.45) is 3.57. The number of hydrogen-bond donors (Lipinski definition) is 1. The van der Waals surface area contributed by atoms with Crippen LogP contribution >= 0.6 is 15.9 Å². The number of nitrogens with zero attached hydrogens (tertiary/aromatic N) is 3. The zero-order valence-electron chi connectivity index (χ0n) is 16.6. The Morgan fingerprint density at radius 1 is 1.07 bits per heavy atom. The Morgan fingerprint density at radius 2 is 1.77 bits per heavy atom. The first-order valence-electron chi connectivity index (χ1n) is 10.1. The van der Waals surface area contributed by atoms with Crippen molar-refractivity contribution in [3.05, 3.63) is 88.2 Å². The molecule has 2 heterocycles. The van der Waals surface area contributed by atoms with Crippen molar-refractivity contribution in [1.29, 1.82) is 5.26 Å². The van der Waals surface area contributed by atoms with E-state index in [4.69, 9.17) is 0 Å². The van der Waals surface area contributed by atoms with Crippen molar-refractivity contribution in [2.45, 2.75) is 25.4 Å². The molecule has 152 valence electrons. The molecule has 0 bridgehead atoms. The molecule has 5 nitrogen and oxygen atoms in total. The highest BCUT2D eigenvalue weighted by atomic mass is 79.9. The molecule has 1 saturated heterocycles. The van der Waals surface area contributed by atoms with Gasteiger partial charge in [-0.1, -0.05) is 42.5 Å². The van der Waals surface area contributed by atoms with Gasteiger partial charge >= 0.3 is 0 Å². The maximum Gasteiger partial charge on any atom is 0.269 e. The normalized spacial score (nSPS) is 14.9. The lowest BCUT2D eigenvalue weighted by molar-refractivity contribution is 0.0902. The van der Waals surface area contributed by atoms with E-state index in [0.29, 0.717) is 11.3 Å². The van der Waals surface area contributed by atoms with Crippen LogP contribution in [-0.2, 0) is 6.54 Å². The van der Waals surface area contributed by atoms with E-state index in [1.54, 1.807) is 16.8 Å². The Morgan fingerprint density at radius 3 is 2.47 bits per heavy atom. The van der Waals surface area contributed by atoms with Crippen LogP contribution in [0.25, 0.3) is 5.69 Å². The fraction of sp³-hybridized carbons (Fsp3) is 0.250. The second-order valence-corrected chi connectivity index (χ2v) is 8.38. The standard InChI is InChI=1S/C24H23BrN4O/c25-21-8-4-5-9-22(21)29-15-10-19(16-26)23(29)24(30)27-20-11-13-28(14-12-20)17-18-6-2-1-3-7-18/h1-10,15,20H,11-14,17H2,(H,27,30).